The Hall–Kier alpha value is -1.26. The topological polar surface area (TPSA) is 104 Å². The van der Waals surface area contributed by atoms with Gasteiger partial charge in [-0.15, -0.1) is 0 Å². The fourth-order valence-electron chi connectivity index (χ4n) is 3.82. The molecule has 1 aliphatic carbocycles. The predicted octanol–water partition coefficient (Wildman–Crippen LogP) is 3.60. The highest BCUT2D eigenvalue weighted by molar-refractivity contribution is 7.90. The largest absolute Gasteiger partial charge is 0.277 e. The lowest BCUT2D eigenvalue weighted by Crippen LogP contribution is -2.41. The van der Waals surface area contributed by atoms with E-state index in [1.807, 2.05) is 13.8 Å². The maximum absolute atomic E-state index is 12.0. The summed E-state index contributed by atoms with van der Waals surface area (Å²) in [4.78, 5) is 0. The zero-order chi connectivity index (χ0) is 24.6. The molecule has 7 nitrogen and oxygen atoms in total. The number of rotatable bonds is 13. The molecule has 0 spiro atoms. The van der Waals surface area contributed by atoms with Crippen LogP contribution in [0.4, 0.5) is 0 Å². The predicted molar refractivity (Wildman–Crippen MR) is 136 cm³/mol. The molecular formula is C24H41N3O4S2. The lowest BCUT2D eigenvalue weighted by Gasteiger charge is -2.28. The first-order valence-corrected chi connectivity index (χ1v) is 15.0. The fourth-order valence-corrected chi connectivity index (χ4v) is 5.80. The van der Waals surface area contributed by atoms with Gasteiger partial charge in [0.05, 0.1) is 5.25 Å². The summed E-state index contributed by atoms with van der Waals surface area (Å²) in [7, 11) is -6.68. The zero-order valence-electron chi connectivity index (χ0n) is 20.6. The van der Waals surface area contributed by atoms with Gasteiger partial charge in [-0.25, -0.2) is 17.9 Å². The lowest BCUT2D eigenvalue weighted by atomic mass is 9.80. The Morgan fingerprint density at radius 3 is 2.21 bits per heavy atom. The van der Waals surface area contributed by atoms with Crippen LogP contribution in [0.3, 0.4) is 0 Å². The fraction of sp³-hybridized carbons (Fsp3) is 0.667. The van der Waals surface area contributed by atoms with E-state index in [4.69, 9.17) is 0 Å². The number of nitrogens with one attached hydrogen (secondary N) is 3. The van der Waals surface area contributed by atoms with E-state index in [9.17, 15) is 16.8 Å². The SMILES string of the molecule is CCC(C)NS(=O)(=O)NCCc1ccc(C2=CCC(C(C)CNS(=O)(=O)C(C)C)CC2)cc1. The second-order valence-corrected chi connectivity index (χ2v) is 13.3. The van der Waals surface area contributed by atoms with E-state index in [1.54, 1.807) is 13.8 Å². The zero-order valence-corrected chi connectivity index (χ0v) is 22.2. The average Bonchev–Trinajstić information content (AvgIpc) is 2.77. The standard InChI is InChI=1S/C24H41N3O4S2/c1-6-20(5)27-33(30,31)25-16-15-21-7-9-23(10-8-21)24-13-11-22(12-14-24)19(4)17-26-32(28,29)18(2)3/h7-10,13,18-20,22,25-27H,6,11-12,14-17H2,1-5H3. The van der Waals surface area contributed by atoms with Crippen molar-refractivity contribution >= 4 is 25.8 Å². The third-order valence-electron chi connectivity index (χ3n) is 6.48. The van der Waals surface area contributed by atoms with Gasteiger partial charge in [0.2, 0.25) is 10.0 Å². The summed E-state index contributed by atoms with van der Waals surface area (Å²) in [6, 6.07) is 8.24. The molecule has 1 aliphatic rings. The first-order valence-electron chi connectivity index (χ1n) is 12.0. The molecule has 33 heavy (non-hydrogen) atoms. The maximum atomic E-state index is 12.0. The van der Waals surface area contributed by atoms with Crippen molar-refractivity contribution in [3.63, 3.8) is 0 Å². The molecule has 0 aromatic heterocycles. The molecule has 1 aromatic rings. The Kier molecular flexibility index (Phi) is 10.6. The molecule has 188 valence electrons. The van der Waals surface area contributed by atoms with Crippen LogP contribution < -0.4 is 14.2 Å². The lowest BCUT2D eigenvalue weighted by molar-refractivity contribution is 0.334. The Morgan fingerprint density at radius 1 is 1.00 bits per heavy atom. The molecule has 0 radical (unpaired) electrons. The minimum atomic E-state index is -3.46. The normalized spacial score (nSPS) is 19.3. The summed E-state index contributed by atoms with van der Waals surface area (Å²) >= 11 is 0. The first kappa shape index (κ1) is 28.0. The van der Waals surface area contributed by atoms with Gasteiger partial charge in [0, 0.05) is 19.1 Å². The molecule has 0 heterocycles. The van der Waals surface area contributed by atoms with Crippen LogP contribution in [0.5, 0.6) is 0 Å². The van der Waals surface area contributed by atoms with Crippen LogP contribution in [0.2, 0.25) is 0 Å². The van der Waals surface area contributed by atoms with Gasteiger partial charge < -0.3 is 0 Å². The van der Waals surface area contributed by atoms with Crippen molar-refractivity contribution in [2.45, 2.75) is 78.0 Å². The van der Waals surface area contributed by atoms with Crippen molar-refractivity contribution < 1.29 is 16.8 Å². The molecule has 0 amide bonds. The van der Waals surface area contributed by atoms with Gasteiger partial charge in [0.1, 0.15) is 0 Å². The van der Waals surface area contributed by atoms with Crippen LogP contribution in [0.1, 0.15) is 71.4 Å². The molecule has 0 saturated heterocycles. The van der Waals surface area contributed by atoms with Gasteiger partial charge in [0.15, 0.2) is 0 Å². The highest BCUT2D eigenvalue weighted by atomic mass is 32.2. The second kappa shape index (κ2) is 12.4. The van der Waals surface area contributed by atoms with E-state index in [1.165, 1.54) is 11.1 Å². The highest BCUT2D eigenvalue weighted by Gasteiger charge is 2.23. The van der Waals surface area contributed by atoms with Crippen LogP contribution in [0, 0.1) is 11.8 Å². The quantitative estimate of drug-likeness (QED) is 0.386. The average molecular weight is 500 g/mol. The van der Waals surface area contributed by atoms with Gasteiger partial charge in [-0.3, -0.25) is 0 Å². The van der Waals surface area contributed by atoms with Crippen molar-refractivity contribution in [1.29, 1.82) is 0 Å². The number of benzene rings is 1. The van der Waals surface area contributed by atoms with Gasteiger partial charge in [0.25, 0.3) is 10.2 Å². The first-order chi connectivity index (χ1) is 15.4. The third kappa shape index (κ3) is 9.13. The summed E-state index contributed by atoms with van der Waals surface area (Å²) in [5.41, 5.74) is 3.61. The van der Waals surface area contributed by atoms with Crippen molar-refractivity contribution in [3.8, 4) is 0 Å². The van der Waals surface area contributed by atoms with Gasteiger partial charge >= 0.3 is 0 Å². The van der Waals surface area contributed by atoms with E-state index < -0.39 is 25.5 Å². The molecule has 1 aromatic carbocycles. The van der Waals surface area contributed by atoms with Crippen molar-refractivity contribution in [1.82, 2.24) is 14.2 Å². The Balaban J connectivity index is 1.83. The van der Waals surface area contributed by atoms with Crippen molar-refractivity contribution in [2.75, 3.05) is 13.1 Å². The Bertz CT molecular complexity index is 987. The minimum absolute atomic E-state index is 0.0857. The van der Waals surface area contributed by atoms with E-state index >= 15 is 0 Å². The van der Waals surface area contributed by atoms with Crippen LogP contribution in [-0.4, -0.2) is 41.2 Å². The summed E-state index contributed by atoms with van der Waals surface area (Å²) < 4.78 is 55.9. The molecule has 0 saturated carbocycles. The third-order valence-corrected chi connectivity index (χ3v) is 9.59. The molecule has 9 heteroatoms. The summed E-state index contributed by atoms with van der Waals surface area (Å²) in [5.74, 6) is 0.761. The van der Waals surface area contributed by atoms with Crippen molar-refractivity contribution in [2.24, 2.45) is 11.8 Å². The highest BCUT2D eigenvalue weighted by Crippen LogP contribution is 2.34. The van der Waals surface area contributed by atoms with E-state index in [0.717, 1.165) is 31.2 Å². The van der Waals surface area contributed by atoms with Gasteiger partial charge in [-0.05, 0) is 81.4 Å². The molecule has 0 fully saturated rings. The van der Waals surface area contributed by atoms with Crippen LogP contribution in [0.15, 0.2) is 30.3 Å². The summed E-state index contributed by atoms with van der Waals surface area (Å²) in [5, 5.41) is -0.410. The monoisotopic (exact) mass is 499 g/mol. The molecule has 3 atom stereocenters. The number of allylic oxidation sites excluding steroid dienone is 2. The smallest absolute Gasteiger partial charge is 0.215 e. The van der Waals surface area contributed by atoms with Gasteiger partial charge in [-0.1, -0.05) is 44.2 Å². The maximum Gasteiger partial charge on any atom is 0.277 e. The van der Waals surface area contributed by atoms with Crippen LogP contribution in [-0.2, 0) is 26.7 Å². The van der Waals surface area contributed by atoms with Crippen LogP contribution in [0.25, 0.3) is 5.57 Å². The number of hydrogen-bond acceptors (Lipinski definition) is 4. The molecule has 0 aliphatic heterocycles. The van der Waals surface area contributed by atoms with E-state index in [-0.39, 0.29) is 12.0 Å². The van der Waals surface area contributed by atoms with E-state index in [2.05, 4.69) is 51.4 Å². The second-order valence-electron chi connectivity index (χ2n) is 9.46. The van der Waals surface area contributed by atoms with E-state index in [0.29, 0.717) is 25.4 Å². The number of sulfonamides is 1. The van der Waals surface area contributed by atoms with Crippen LogP contribution >= 0.6 is 0 Å². The molecule has 3 unspecified atom stereocenters. The molecule has 2 rings (SSSR count). The molecular weight excluding hydrogens is 458 g/mol. The molecule has 0 bridgehead atoms. The minimum Gasteiger partial charge on any atom is -0.215 e. The van der Waals surface area contributed by atoms with Gasteiger partial charge in [-0.2, -0.15) is 13.1 Å². The molecule has 3 N–H and O–H groups in total. The number of hydrogen-bond donors (Lipinski definition) is 3. The Morgan fingerprint density at radius 2 is 1.67 bits per heavy atom. The summed E-state index contributed by atoms with van der Waals surface area (Å²) in [6.07, 6.45) is 6.63. The van der Waals surface area contributed by atoms with Crippen molar-refractivity contribution in [3.05, 3.63) is 41.5 Å². The summed E-state index contributed by atoms with van der Waals surface area (Å²) in [6.45, 7) is 10.1. The Labute approximate surface area is 201 Å².